The molecule has 0 spiro atoms. The molecule has 0 radical (unpaired) electrons. The summed E-state index contributed by atoms with van der Waals surface area (Å²) in [5.41, 5.74) is 1.91. The number of benzene rings is 2. The molecule has 1 aliphatic carbocycles. The van der Waals surface area contributed by atoms with Gasteiger partial charge in [0.25, 0.3) is 5.22 Å². The first-order chi connectivity index (χ1) is 16.6. The van der Waals surface area contributed by atoms with Gasteiger partial charge >= 0.3 is 0 Å². The molecule has 34 heavy (non-hydrogen) atoms. The third-order valence-electron chi connectivity index (χ3n) is 6.41. The maximum absolute atomic E-state index is 12.6. The van der Waals surface area contributed by atoms with Crippen LogP contribution in [0.3, 0.4) is 0 Å². The molecule has 1 saturated carbocycles. The topological polar surface area (TPSA) is 95.7 Å². The minimum atomic E-state index is -0.0812. The maximum Gasteiger partial charge on any atom is 0.277 e. The van der Waals surface area contributed by atoms with Crippen molar-refractivity contribution in [2.24, 2.45) is 0 Å². The molecule has 2 aliphatic rings. The highest BCUT2D eigenvalue weighted by atomic mass is 32.2. The number of carbonyl (C=O) groups excluding carboxylic acids is 1. The van der Waals surface area contributed by atoms with Gasteiger partial charge in [-0.15, -0.1) is 10.2 Å². The lowest BCUT2D eigenvalue weighted by Gasteiger charge is -2.31. The standard InChI is InChI=1S/C25H27N3O5S/c1-30-19-7-4-17(5-8-19)23-27-28-24(33-23)34-15-22(29)26-16-25(10-2-3-11-25)18-6-9-20-21(14-18)32-13-12-31-20/h4-9,14H,2-3,10-13,15-16H2,1H3,(H,26,29). The van der Waals surface area contributed by atoms with Gasteiger partial charge in [0.05, 0.1) is 12.9 Å². The Bertz CT molecular complexity index is 1140. The molecular weight excluding hydrogens is 454 g/mol. The largest absolute Gasteiger partial charge is 0.497 e. The van der Waals surface area contributed by atoms with E-state index in [0.717, 1.165) is 48.5 Å². The molecule has 9 heteroatoms. The van der Waals surface area contributed by atoms with E-state index >= 15 is 0 Å². The third-order valence-corrected chi connectivity index (χ3v) is 7.23. The number of methoxy groups -OCH3 is 1. The molecule has 2 aromatic carbocycles. The Morgan fingerprint density at radius 2 is 1.82 bits per heavy atom. The van der Waals surface area contributed by atoms with E-state index < -0.39 is 0 Å². The molecule has 0 bridgehead atoms. The minimum Gasteiger partial charge on any atom is -0.497 e. The number of nitrogens with one attached hydrogen (secondary N) is 1. The van der Waals surface area contributed by atoms with Crippen LogP contribution in [0.1, 0.15) is 31.2 Å². The molecule has 1 aromatic heterocycles. The highest BCUT2D eigenvalue weighted by molar-refractivity contribution is 7.99. The third kappa shape index (κ3) is 4.84. The van der Waals surface area contributed by atoms with E-state index in [1.165, 1.54) is 17.3 Å². The van der Waals surface area contributed by atoms with Crippen molar-refractivity contribution >= 4 is 17.7 Å². The van der Waals surface area contributed by atoms with E-state index in [4.69, 9.17) is 18.6 Å². The number of hydrogen-bond acceptors (Lipinski definition) is 8. The van der Waals surface area contributed by atoms with E-state index in [1.54, 1.807) is 7.11 Å². The normalized spacial score (nSPS) is 16.3. The lowest BCUT2D eigenvalue weighted by atomic mass is 9.78. The number of amides is 1. The zero-order valence-electron chi connectivity index (χ0n) is 19.0. The van der Waals surface area contributed by atoms with Crippen LogP contribution in [-0.2, 0) is 10.2 Å². The summed E-state index contributed by atoms with van der Waals surface area (Å²) in [6.07, 6.45) is 4.37. The first-order valence-corrected chi connectivity index (χ1v) is 12.4. The molecule has 1 aliphatic heterocycles. The Morgan fingerprint density at radius 3 is 2.59 bits per heavy atom. The van der Waals surface area contributed by atoms with E-state index in [-0.39, 0.29) is 17.1 Å². The molecule has 178 valence electrons. The van der Waals surface area contributed by atoms with Crippen molar-refractivity contribution in [3.8, 4) is 28.7 Å². The lowest BCUT2D eigenvalue weighted by molar-refractivity contribution is -0.118. The van der Waals surface area contributed by atoms with Crippen LogP contribution in [0.5, 0.6) is 17.2 Å². The molecule has 0 atom stereocenters. The number of rotatable bonds is 8. The van der Waals surface area contributed by atoms with Crippen molar-refractivity contribution in [1.29, 1.82) is 0 Å². The van der Waals surface area contributed by atoms with Crippen molar-refractivity contribution in [2.75, 3.05) is 32.6 Å². The average Bonchev–Trinajstić information content (AvgIpc) is 3.57. The zero-order chi connectivity index (χ0) is 23.4. The SMILES string of the molecule is COc1ccc(-c2nnc(SCC(=O)NCC3(c4ccc5c(c4)OCCO5)CCCC3)o2)cc1. The van der Waals surface area contributed by atoms with Crippen molar-refractivity contribution in [3.05, 3.63) is 48.0 Å². The molecular formula is C25H27N3O5S. The minimum absolute atomic E-state index is 0.0574. The van der Waals surface area contributed by atoms with Gasteiger partial charge in [0, 0.05) is 17.5 Å². The van der Waals surface area contributed by atoms with Crippen molar-refractivity contribution < 1.29 is 23.4 Å². The van der Waals surface area contributed by atoms with E-state index in [2.05, 4.69) is 27.6 Å². The molecule has 0 unspecified atom stereocenters. The van der Waals surface area contributed by atoms with Crippen LogP contribution in [0.15, 0.2) is 52.1 Å². The van der Waals surface area contributed by atoms with Crippen LogP contribution < -0.4 is 19.5 Å². The summed E-state index contributed by atoms with van der Waals surface area (Å²) in [6.45, 7) is 1.73. The summed E-state index contributed by atoms with van der Waals surface area (Å²) < 4.78 is 22.3. The summed E-state index contributed by atoms with van der Waals surface area (Å²) in [5.74, 6) is 2.90. The van der Waals surface area contributed by atoms with E-state index in [0.29, 0.717) is 30.9 Å². The summed E-state index contributed by atoms with van der Waals surface area (Å²) >= 11 is 1.23. The van der Waals surface area contributed by atoms with Crippen molar-refractivity contribution in [1.82, 2.24) is 15.5 Å². The smallest absolute Gasteiger partial charge is 0.277 e. The van der Waals surface area contributed by atoms with Crippen molar-refractivity contribution in [3.63, 3.8) is 0 Å². The Labute approximate surface area is 202 Å². The Hall–Kier alpha value is -3.20. The number of nitrogens with zero attached hydrogens (tertiary/aromatic N) is 2. The van der Waals surface area contributed by atoms with Crippen LogP contribution in [0.25, 0.3) is 11.5 Å². The fourth-order valence-corrected chi connectivity index (χ4v) is 5.15. The first kappa shape index (κ1) is 22.6. The van der Waals surface area contributed by atoms with Gasteiger partial charge in [-0.2, -0.15) is 0 Å². The highest BCUT2D eigenvalue weighted by Crippen LogP contribution is 2.43. The van der Waals surface area contributed by atoms with Gasteiger partial charge < -0.3 is 23.9 Å². The predicted molar refractivity (Wildman–Crippen MR) is 128 cm³/mol. The molecule has 8 nitrogen and oxygen atoms in total. The molecule has 1 fully saturated rings. The Kier molecular flexibility index (Phi) is 6.62. The van der Waals surface area contributed by atoms with E-state index in [9.17, 15) is 4.79 Å². The number of thioether (sulfide) groups is 1. The monoisotopic (exact) mass is 481 g/mol. The number of aromatic nitrogens is 2. The fraction of sp³-hybridized carbons (Fsp3) is 0.400. The van der Waals surface area contributed by atoms with Crippen LogP contribution >= 0.6 is 11.8 Å². The van der Waals surface area contributed by atoms with Crippen LogP contribution in [0, 0.1) is 0 Å². The quantitative estimate of drug-likeness (QED) is 0.478. The van der Waals surface area contributed by atoms with Gasteiger partial charge in [0.1, 0.15) is 19.0 Å². The van der Waals surface area contributed by atoms with Crippen LogP contribution in [-0.4, -0.2) is 48.7 Å². The molecule has 2 heterocycles. The van der Waals surface area contributed by atoms with E-state index in [1.807, 2.05) is 30.3 Å². The highest BCUT2D eigenvalue weighted by Gasteiger charge is 2.36. The summed E-state index contributed by atoms with van der Waals surface area (Å²) in [5, 5.41) is 11.6. The zero-order valence-corrected chi connectivity index (χ0v) is 19.9. The maximum atomic E-state index is 12.6. The summed E-state index contributed by atoms with van der Waals surface area (Å²) in [7, 11) is 1.62. The second kappa shape index (κ2) is 9.97. The second-order valence-corrected chi connectivity index (χ2v) is 9.44. The summed E-state index contributed by atoms with van der Waals surface area (Å²) in [4.78, 5) is 12.6. The number of hydrogen-bond donors (Lipinski definition) is 1. The van der Waals surface area contributed by atoms with Gasteiger partial charge in [-0.25, -0.2) is 0 Å². The number of ether oxygens (including phenoxy) is 3. The van der Waals surface area contributed by atoms with Gasteiger partial charge in [0.15, 0.2) is 11.5 Å². The van der Waals surface area contributed by atoms with Crippen LogP contribution in [0.4, 0.5) is 0 Å². The lowest BCUT2D eigenvalue weighted by Crippen LogP contribution is -2.39. The molecule has 3 aromatic rings. The Morgan fingerprint density at radius 1 is 1.06 bits per heavy atom. The van der Waals surface area contributed by atoms with Gasteiger partial charge in [0.2, 0.25) is 11.8 Å². The molecule has 0 saturated heterocycles. The van der Waals surface area contributed by atoms with Gasteiger partial charge in [-0.1, -0.05) is 30.7 Å². The summed E-state index contributed by atoms with van der Waals surface area (Å²) in [6, 6.07) is 13.6. The molecule has 1 N–H and O–H groups in total. The number of fused-ring (bicyclic) bond motifs is 1. The van der Waals surface area contributed by atoms with Crippen LogP contribution in [0.2, 0.25) is 0 Å². The first-order valence-electron chi connectivity index (χ1n) is 11.4. The van der Waals surface area contributed by atoms with Crippen molar-refractivity contribution in [2.45, 2.75) is 36.3 Å². The molecule has 1 amide bonds. The second-order valence-electron chi connectivity index (χ2n) is 8.51. The Balaban J connectivity index is 1.18. The van der Waals surface area contributed by atoms with Gasteiger partial charge in [-0.05, 0) is 54.8 Å². The van der Waals surface area contributed by atoms with Gasteiger partial charge in [-0.3, -0.25) is 4.79 Å². The fourth-order valence-electron chi connectivity index (χ4n) is 4.56. The predicted octanol–water partition coefficient (Wildman–Crippen LogP) is 4.24. The number of carbonyl (C=O) groups is 1. The molecule has 5 rings (SSSR count). The average molecular weight is 482 g/mol.